The van der Waals surface area contributed by atoms with E-state index in [0.29, 0.717) is 0 Å². The number of hydrogen-bond acceptors (Lipinski definition) is 4. The van der Waals surface area contributed by atoms with Crippen LogP contribution in [-0.2, 0) is 0 Å². The number of aryl methyl sites for hydroxylation is 1. The van der Waals surface area contributed by atoms with E-state index in [9.17, 15) is 0 Å². The average Bonchev–Trinajstić information content (AvgIpc) is 2.19. The lowest BCUT2D eigenvalue weighted by molar-refractivity contribution is 0.979. The van der Waals surface area contributed by atoms with Crippen LogP contribution in [0.1, 0.15) is 25.8 Å². The van der Waals surface area contributed by atoms with E-state index in [1.807, 2.05) is 20.0 Å². The number of aromatic nitrogens is 2. The van der Waals surface area contributed by atoms with Crippen LogP contribution in [0.5, 0.6) is 0 Å². The Balaban J connectivity index is 2.74. The average molecular weight is 211 g/mol. The Bertz CT molecular complexity index is 289. The SMILES string of the molecule is CCCSc1nc(NCC)ncc1C. The molecule has 4 heteroatoms. The van der Waals surface area contributed by atoms with E-state index in [4.69, 9.17) is 0 Å². The smallest absolute Gasteiger partial charge is 0.223 e. The summed E-state index contributed by atoms with van der Waals surface area (Å²) in [6.07, 6.45) is 3.05. The van der Waals surface area contributed by atoms with Gasteiger partial charge in [0.25, 0.3) is 0 Å². The zero-order valence-electron chi connectivity index (χ0n) is 9.00. The number of hydrogen-bond donors (Lipinski definition) is 1. The lowest BCUT2D eigenvalue weighted by Crippen LogP contribution is -2.03. The van der Waals surface area contributed by atoms with E-state index in [2.05, 4.69) is 22.2 Å². The summed E-state index contributed by atoms with van der Waals surface area (Å²) < 4.78 is 0. The maximum Gasteiger partial charge on any atom is 0.223 e. The van der Waals surface area contributed by atoms with E-state index in [-0.39, 0.29) is 0 Å². The van der Waals surface area contributed by atoms with E-state index in [1.165, 1.54) is 6.42 Å². The minimum Gasteiger partial charge on any atom is -0.354 e. The van der Waals surface area contributed by atoms with Gasteiger partial charge in [-0.25, -0.2) is 9.97 Å². The van der Waals surface area contributed by atoms with Crippen molar-refractivity contribution in [1.29, 1.82) is 0 Å². The van der Waals surface area contributed by atoms with Crippen LogP contribution in [0, 0.1) is 6.92 Å². The molecule has 1 N–H and O–H groups in total. The molecule has 1 aromatic rings. The molecule has 14 heavy (non-hydrogen) atoms. The Hall–Kier alpha value is -0.770. The first kappa shape index (κ1) is 11.3. The molecule has 0 radical (unpaired) electrons. The molecule has 3 nitrogen and oxygen atoms in total. The summed E-state index contributed by atoms with van der Waals surface area (Å²) in [4.78, 5) is 8.64. The largest absolute Gasteiger partial charge is 0.354 e. The van der Waals surface area contributed by atoms with Gasteiger partial charge in [-0.1, -0.05) is 6.92 Å². The summed E-state index contributed by atoms with van der Waals surface area (Å²) >= 11 is 1.80. The molecule has 0 amide bonds. The fraction of sp³-hybridized carbons (Fsp3) is 0.600. The molecule has 0 spiro atoms. The molecular weight excluding hydrogens is 194 g/mol. The lowest BCUT2D eigenvalue weighted by Gasteiger charge is -2.06. The highest BCUT2D eigenvalue weighted by atomic mass is 32.2. The molecule has 0 aromatic carbocycles. The summed E-state index contributed by atoms with van der Waals surface area (Å²) in [7, 11) is 0. The van der Waals surface area contributed by atoms with Gasteiger partial charge in [-0.2, -0.15) is 0 Å². The monoisotopic (exact) mass is 211 g/mol. The molecule has 0 aliphatic heterocycles. The molecule has 0 saturated heterocycles. The fourth-order valence-corrected chi connectivity index (χ4v) is 1.84. The first-order chi connectivity index (χ1) is 6.77. The zero-order chi connectivity index (χ0) is 10.4. The van der Waals surface area contributed by atoms with E-state index in [0.717, 1.165) is 28.8 Å². The normalized spacial score (nSPS) is 10.2. The third kappa shape index (κ3) is 3.18. The first-order valence-electron chi connectivity index (χ1n) is 4.98. The van der Waals surface area contributed by atoms with Crippen molar-refractivity contribution in [3.05, 3.63) is 11.8 Å². The number of nitrogens with one attached hydrogen (secondary N) is 1. The lowest BCUT2D eigenvalue weighted by atomic mass is 10.4. The van der Waals surface area contributed by atoms with Crippen molar-refractivity contribution in [2.75, 3.05) is 17.6 Å². The van der Waals surface area contributed by atoms with Crippen molar-refractivity contribution in [1.82, 2.24) is 9.97 Å². The third-order valence-corrected chi connectivity index (χ3v) is 3.00. The Morgan fingerprint density at radius 2 is 2.21 bits per heavy atom. The van der Waals surface area contributed by atoms with Crippen molar-refractivity contribution < 1.29 is 0 Å². The van der Waals surface area contributed by atoms with Crippen LogP contribution in [0.4, 0.5) is 5.95 Å². The van der Waals surface area contributed by atoms with Crippen LogP contribution in [-0.4, -0.2) is 22.3 Å². The van der Waals surface area contributed by atoms with Gasteiger partial charge < -0.3 is 5.32 Å². The maximum absolute atomic E-state index is 4.44. The molecular formula is C10H17N3S. The standard InChI is InChI=1S/C10H17N3S/c1-4-6-14-9-8(3)7-12-10(13-9)11-5-2/h7H,4-6H2,1-3H3,(H,11,12,13). The third-order valence-electron chi connectivity index (χ3n) is 1.70. The molecule has 0 fully saturated rings. The molecule has 1 aromatic heterocycles. The predicted octanol–water partition coefficient (Wildman–Crippen LogP) is 2.72. The molecule has 0 aliphatic carbocycles. The van der Waals surface area contributed by atoms with Crippen LogP contribution < -0.4 is 5.32 Å². The van der Waals surface area contributed by atoms with Gasteiger partial charge in [0.05, 0.1) is 0 Å². The van der Waals surface area contributed by atoms with E-state index < -0.39 is 0 Å². The minimum absolute atomic E-state index is 0.733. The van der Waals surface area contributed by atoms with Crippen LogP contribution in [0.2, 0.25) is 0 Å². The summed E-state index contributed by atoms with van der Waals surface area (Å²) in [5, 5.41) is 4.21. The number of anilines is 1. The van der Waals surface area contributed by atoms with Crippen molar-refractivity contribution in [3.8, 4) is 0 Å². The second kappa shape index (κ2) is 5.86. The maximum atomic E-state index is 4.44. The fourth-order valence-electron chi connectivity index (χ4n) is 1.01. The highest BCUT2D eigenvalue weighted by molar-refractivity contribution is 7.99. The Labute approximate surface area is 89.7 Å². The van der Waals surface area contributed by atoms with Gasteiger partial charge >= 0.3 is 0 Å². The van der Waals surface area contributed by atoms with Crippen LogP contribution >= 0.6 is 11.8 Å². The van der Waals surface area contributed by atoms with Crippen molar-refractivity contribution in [2.24, 2.45) is 0 Å². The summed E-state index contributed by atoms with van der Waals surface area (Å²) in [5.41, 5.74) is 1.16. The van der Waals surface area contributed by atoms with E-state index >= 15 is 0 Å². The molecule has 0 saturated carbocycles. The van der Waals surface area contributed by atoms with Gasteiger partial charge in [-0.05, 0) is 31.6 Å². The Kier molecular flexibility index (Phi) is 4.73. The van der Waals surface area contributed by atoms with Crippen molar-refractivity contribution in [3.63, 3.8) is 0 Å². The van der Waals surface area contributed by atoms with Crippen molar-refractivity contribution in [2.45, 2.75) is 32.2 Å². The Morgan fingerprint density at radius 3 is 2.86 bits per heavy atom. The van der Waals surface area contributed by atoms with Crippen LogP contribution in [0.3, 0.4) is 0 Å². The van der Waals surface area contributed by atoms with Gasteiger partial charge in [0.2, 0.25) is 5.95 Å². The molecule has 0 unspecified atom stereocenters. The zero-order valence-corrected chi connectivity index (χ0v) is 9.82. The number of thioether (sulfide) groups is 1. The second-order valence-electron chi connectivity index (χ2n) is 3.06. The highest BCUT2D eigenvalue weighted by Crippen LogP contribution is 2.20. The molecule has 0 atom stereocenters. The summed E-state index contributed by atoms with van der Waals surface area (Å²) in [6, 6.07) is 0. The Morgan fingerprint density at radius 1 is 1.43 bits per heavy atom. The summed E-state index contributed by atoms with van der Waals surface area (Å²) in [5.74, 6) is 1.85. The minimum atomic E-state index is 0.733. The van der Waals surface area contributed by atoms with E-state index in [1.54, 1.807) is 11.8 Å². The van der Waals surface area contributed by atoms with Crippen LogP contribution in [0.25, 0.3) is 0 Å². The van der Waals surface area contributed by atoms with Gasteiger partial charge in [-0.3, -0.25) is 0 Å². The van der Waals surface area contributed by atoms with Crippen LogP contribution in [0.15, 0.2) is 11.2 Å². The summed E-state index contributed by atoms with van der Waals surface area (Å²) in [6.45, 7) is 7.13. The molecule has 78 valence electrons. The molecule has 0 bridgehead atoms. The predicted molar refractivity (Wildman–Crippen MR) is 61.9 cm³/mol. The quantitative estimate of drug-likeness (QED) is 0.600. The first-order valence-corrected chi connectivity index (χ1v) is 5.96. The molecule has 1 rings (SSSR count). The second-order valence-corrected chi connectivity index (χ2v) is 4.14. The topological polar surface area (TPSA) is 37.8 Å². The van der Waals surface area contributed by atoms with Gasteiger partial charge in [0.1, 0.15) is 5.03 Å². The van der Waals surface area contributed by atoms with Gasteiger partial charge in [0, 0.05) is 12.7 Å². The number of nitrogens with zero attached hydrogens (tertiary/aromatic N) is 2. The number of rotatable bonds is 5. The highest BCUT2D eigenvalue weighted by Gasteiger charge is 2.02. The van der Waals surface area contributed by atoms with Gasteiger partial charge in [-0.15, -0.1) is 11.8 Å². The van der Waals surface area contributed by atoms with Crippen molar-refractivity contribution >= 4 is 17.7 Å². The molecule has 0 aliphatic rings. The molecule has 1 heterocycles. The van der Waals surface area contributed by atoms with Gasteiger partial charge in [0.15, 0.2) is 0 Å².